The maximum absolute atomic E-state index is 14.1. The number of aliphatic hydroxyl groups is 10. The molecule has 6 heterocycles. The van der Waals surface area contributed by atoms with Gasteiger partial charge in [0.15, 0.2) is 25.2 Å². The standard InChI is InChI=1S/2C37H68N2O13/c2*1-14-25-37(10,45)30(41)20(4)27(38-46)18(2)16-35(8,44)32(52-34-28(40)24(39(11)12)15-19(3)48-34)21(5)29(22(6)33(43)50-25)51-26-17-36(9,47-13)31(42)23(7)49-26/h2*18-26,28-32,34,40-42,44-46H,14-17H2,1-13H3/b38-27+;38-27-/t2*18-,19-,20+,21+,22-,23+,24+,25-,26+,28-,29+,30-,31+,32-,34+,35-,36-,37-/m11/s1. The summed E-state index contributed by atoms with van der Waals surface area (Å²) in [6, 6.07) is -0.645. The minimum Gasteiger partial charge on any atom is -0.459 e. The third-order valence-electron chi connectivity index (χ3n) is 23.9. The summed E-state index contributed by atoms with van der Waals surface area (Å²) in [7, 11) is 10.4. The van der Waals surface area contributed by atoms with Crippen LogP contribution in [0.15, 0.2) is 10.3 Å². The Bertz CT molecular complexity index is 2580. The predicted molar refractivity (Wildman–Crippen MR) is 381 cm³/mol. The Morgan fingerprint density at radius 1 is 0.462 bits per heavy atom. The average Bonchev–Trinajstić information content (AvgIpc) is 0.702. The van der Waals surface area contributed by atoms with Crippen molar-refractivity contribution >= 4 is 23.4 Å². The Labute approximate surface area is 617 Å². The van der Waals surface area contributed by atoms with E-state index in [9.17, 15) is 71.1 Å². The largest absolute Gasteiger partial charge is 0.459 e. The molecule has 0 aromatic carbocycles. The van der Waals surface area contributed by atoms with Crippen LogP contribution < -0.4 is 0 Å². The van der Waals surface area contributed by atoms with Crippen molar-refractivity contribution in [1.29, 1.82) is 0 Å². The Balaban J connectivity index is 0.000000374. The van der Waals surface area contributed by atoms with Gasteiger partial charge in [-0.1, -0.05) is 65.7 Å². The molecule has 36 atom stereocenters. The molecule has 0 bridgehead atoms. The van der Waals surface area contributed by atoms with Crippen molar-refractivity contribution in [2.45, 2.75) is 358 Å². The number of esters is 2. The summed E-state index contributed by atoms with van der Waals surface area (Å²) in [5.41, 5.74) is -9.35. The van der Waals surface area contributed by atoms with Gasteiger partial charge in [-0.25, -0.2) is 0 Å². The van der Waals surface area contributed by atoms with E-state index < -0.39 is 204 Å². The van der Waals surface area contributed by atoms with Gasteiger partial charge >= 0.3 is 11.9 Å². The predicted octanol–water partition coefficient (Wildman–Crippen LogP) is 4.09. The minimum atomic E-state index is -1.97. The fourth-order valence-corrected chi connectivity index (χ4v) is 17.2. The first-order valence-electron chi connectivity index (χ1n) is 37.4. The van der Waals surface area contributed by atoms with Crippen molar-refractivity contribution < 1.29 is 128 Å². The number of ether oxygens (including phenoxy) is 12. The van der Waals surface area contributed by atoms with E-state index in [1.807, 2.05) is 51.8 Å². The zero-order valence-corrected chi connectivity index (χ0v) is 66.8. The van der Waals surface area contributed by atoms with Crippen molar-refractivity contribution in [1.82, 2.24) is 9.80 Å². The summed E-state index contributed by atoms with van der Waals surface area (Å²) in [5.74, 6) is -8.48. The molecule has 30 heteroatoms. The van der Waals surface area contributed by atoms with E-state index in [1.165, 1.54) is 28.1 Å². The van der Waals surface area contributed by atoms with Crippen LogP contribution >= 0.6 is 0 Å². The molecule has 0 spiro atoms. The highest BCUT2D eigenvalue weighted by Gasteiger charge is 2.57. The molecule has 0 aromatic rings. The van der Waals surface area contributed by atoms with Crippen LogP contribution in [0.25, 0.3) is 0 Å². The van der Waals surface area contributed by atoms with E-state index in [4.69, 9.17) is 56.8 Å². The number of nitrogens with zero attached hydrogens (tertiary/aromatic N) is 4. The van der Waals surface area contributed by atoms with Gasteiger partial charge in [0.2, 0.25) is 0 Å². The number of oxime groups is 2. The van der Waals surface area contributed by atoms with E-state index in [2.05, 4.69) is 10.3 Å². The highest BCUT2D eigenvalue weighted by molar-refractivity contribution is 5.89. The molecule has 6 saturated heterocycles. The lowest BCUT2D eigenvalue weighted by Gasteiger charge is -2.49. The van der Waals surface area contributed by atoms with Gasteiger partial charge in [-0.2, -0.15) is 0 Å². The number of methoxy groups -OCH3 is 2. The molecule has 0 aliphatic carbocycles. The normalized spacial score (nSPS) is 49.8. The van der Waals surface area contributed by atoms with Crippen LogP contribution in [0.2, 0.25) is 0 Å². The quantitative estimate of drug-likeness (QED) is 0.0662. The Hall–Kier alpha value is -3.00. The highest BCUT2D eigenvalue weighted by atomic mass is 16.7. The number of likely N-dealkylation sites (N-methyl/N-ethyl adjacent to an activating group) is 2. The van der Waals surface area contributed by atoms with Crippen molar-refractivity contribution in [3.05, 3.63) is 0 Å². The van der Waals surface area contributed by atoms with E-state index >= 15 is 0 Å². The summed E-state index contributed by atoms with van der Waals surface area (Å²) in [4.78, 5) is 32.0. The summed E-state index contributed by atoms with van der Waals surface area (Å²) in [6.07, 6.45) is -19.0. The zero-order chi connectivity index (χ0) is 79.3. The SMILES string of the molecule is CC[C@H]1OC(=O)[C@H](C)[C@@H](O[C@H]2C[C@@](C)(OC)[C@@H](O)[C@H](C)O2)[C@H](C)[C@@H](O[C@@H]2O[C@H](C)C[C@H](N(C)C)[C@H]2O)[C@](C)(O)C[C@@H](C)/C(=N/O)[C@H](C)[C@@H](O)[C@]1(C)O.CC[C@H]1OC(=O)[C@H](C)[C@@H](O[C@H]2C[C@@](C)(OC)[C@@H](O)[C@H](C)O2)[C@H](C)[C@@H](O[C@@H]2O[C@H](C)C[C@H](N(C)C)[C@H]2O)[C@](C)(O)C[C@@H](C)/C(=N\O)[C@H](C)[C@@H](O)[C@]1(C)O. The number of rotatable bonds is 14. The van der Waals surface area contributed by atoms with Crippen LogP contribution in [-0.4, -0.2) is 306 Å². The number of aliphatic hydroxyl groups excluding tert-OH is 6. The van der Waals surface area contributed by atoms with Crippen molar-refractivity contribution in [2.24, 2.45) is 57.7 Å². The lowest BCUT2D eigenvalue weighted by Crippen LogP contribution is -2.61. The summed E-state index contributed by atoms with van der Waals surface area (Å²) in [6.45, 7) is 33.2. The first-order valence-corrected chi connectivity index (χ1v) is 37.4. The molecule has 6 fully saturated rings. The summed E-state index contributed by atoms with van der Waals surface area (Å²) >= 11 is 0. The maximum atomic E-state index is 14.1. The first kappa shape index (κ1) is 91.6. The molecule has 0 unspecified atom stereocenters. The third kappa shape index (κ3) is 20.6. The Morgan fingerprint density at radius 3 is 1.04 bits per heavy atom. The van der Waals surface area contributed by atoms with Crippen LogP contribution in [0.1, 0.15) is 190 Å². The zero-order valence-electron chi connectivity index (χ0n) is 66.8. The van der Waals surface area contributed by atoms with Gasteiger partial charge < -0.3 is 128 Å². The summed E-state index contributed by atoms with van der Waals surface area (Å²) in [5, 5.41) is 144. The van der Waals surface area contributed by atoms with Crippen molar-refractivity contribution in [3.8, 4) is 0 Å². The molecule has 6 rings (SSSR count). The number of cyclic esters (lactones) is 2. The molecule has 0 saturated carbocycles. The fourth-order valence-electron chi connectivity index (χ4n) is 17.2. The van der Waals surface area contributed by atoms with Crippen LogP contribution in [0.4, 0.5) is 0 Å². The molecule has 0 aromatic heterocycles. The average molecular weight is 1500 g/mol. The molecule has 6 aliphatic heterocycles. The van der Waals surface area contributed by atoms with Crippen molar-refractivity contribution in [3.63, 3.8) is 0 Å². The fraction of sp³-hybridized carbons (Fsp3) is 0.946. The topological polar surface area (TPSA) is 419 Å². The molecule has 608 valence electrons. The van der Waals surface area contributed by atoms with Gasteiger partial charge in [0.25, 0.3) is 0 Å². The van der Waals surface area contributed by atoms with Crippen molar-refractivity contribution in [2.75, 3.05) is 42.4 Å². The second-order valence-electron chi connectivity index (χ2n) is 33.2. The highest BCUT2D eigenvalue weighted by Crippen LogP contribution is 2.45. The Kier molecular flexibility index (Phi) is 32.5. The van der Waals surface area contributed by atoms with E-state index in [1.54, 1.807) is 111 Å². The van der Waals surface area contributed by atoms with Crippen LogP contribution in [0.5, 0.6) is 0 Å². The number of hydrogen-bond acceptors (Lipinski definition) is 30. The summed E-state index contributed by atoms with van der Waals surface area (Å²) < 4.78 is 74.4. The molecule has 30 nitrogen and oxygen atoms in total. The van der Waals surface area contributed by atoms with Crippen LogP contribution in [0.3, 0.4) is 0 Å². The van der Waals surface area contributed by atoms with Gasteiger partial charge in [0, 0.05) is 74.7 Å². The van der Waals surface area contributed by atoms with Gasteiger partial charge in [-0.3, -0.25) is 9.59 Å². The van der Waals surface area contributed by atoms with Crippen LogP contribution in [-0.2, 0) is 66.4 Å². The van der Waals surface area contributed by atoms with Gasteiger partial charge in [-0.05, 0) is 150 Å². The second-order valence-corrected chi connectivity index (χ2v) is 33.2. The number of carbonyl (C=O) groups is 2. The third-order valence-corrected chi connectivity index (χ3v) is 23.9. The second kappa shape index (κ2) is 36.9. The number of carbonyl (C=O) groups excluding carboxylic acids is 2. The molecule has 0 radical (unpaired) electrons. The molecule has 6 aliphatic rings. The van der Waals surface area contributed by atoms with Gasteiger partial charge in [0.1, 0.15) is 47.8 Å². The lowest BCUT2D eigenvalue weighted by atomic mass is 9.73. The molecule has 104 heavy (non-hydrogen) atoms. The Morgan fingerprint density at radius 2 is 0.769 bits per heavy atom. The minimum absolute atomic E-state index is 0.0657. The smallest absolute Gasteiger partial charge is 0.311 e. The first-order chi connectivity index (χ1) is 47.9. The van der Waals surface area contributed by atoms with Gasteiger partial charge in [-0.15, -0.1) is 0 Å². The number of hydrogen-bond donors (Lipinski definition) is 12. The lowest BCUT2D eigenvalue weighted by molar-refractivity contribution is -0.318. The molecule has 0 amide bonds. The molecule has 12 N–H and O–H groups in total. The maximum Gasteiger partial charge on any atom is 0.311 e. The van der Waals surface area contributed by atoms with E-state index in [0.29, 0.717) is 12.8 Å². The monoisotopic (exact) mass is 1500 g/mol. The van der Waals surface area contributed by atoms with Gasteiger partial charge in [0.05, 0.1) is 107 Å². The van der Waals surface area contributed by atoms with E-state index in [0.717, 1.165) is 0 Å². The molecular weight excluding hydrogens is 1360 g/mol. The molecular formula is C74H136N4O26. The van der Waals surface area contributed by atoms with E-state index in [-0.39, 0.29) is 74.2 Å². The van der Waals surface area contributed by atoms with Crippen LogP contribution in [0, 0.1) is 47.3 Å².